The van der Waals surface area contributed by atoms with E-state index in [0.717, 1.165) is 6.07 Å². The number of nitrogen functional groups attached to an aromatic ring is 1. The number of benzene rings is 1. The molecule has 0 saturated carbocycles. The molecule has 0 aliphatic rings. The van der Waals surface area contributed by atoms with Gasteiger partial charge in [-0.25, -0.2) is 16.8 Å². The molecule has 0 radical (unpaired) electrons. The number of carbonyl (C=O) groups is 1. The van der Waals surface area contributed by atoms with E-state index in [1.807, 2.05) is 0 Å². The maximum absolute atomic E-state index is 12.0. The lowest BCUT2D eigenvalue weighted by Gasteiger charge is -2.17. The van der Waals surface area contributed by atoms with E-state index >= 15 is 0 Å². The Labute approximate surface area is 185 Å². The van der Waals surface area contributed by atoms with E-state index in [-0.39, 0.29) is 46.4 Å². The van der Waals surface area contributed by atoms with Gasteiger partial charge in [-0.3, -0.25) is 9.35 Å². The normalized spacial score (nSPS) is 12.8. The van der Waals surface area contributed by atoms with Crippen LogP contribution in [0.3, 0.4) is 0 Å². The Balaban J connectivity index is 3.58. The van der Waals surface area contributed by atoms with Crippen molar-refractivity contribution in [1.29, 1.82) is 0 Å². The van der Waals surface area contributed by atoms with Crippen LogP contribution in [0.25, 0.3) is 0 Å². The summed E-state index contributed by atoms with van der Waals surface area (Å²) >= 11 is 10.9. The Morgan fingerprint density at radius 2 is 1.37 bits per heavy atom. The molecule has 1 aromatic rings. The molecule has 1 rings (SSSR count). The molecule has 0 fully saturated rings. The van der Waals surface area contributed by atoms with Crippen LogP contribution < -0.4 is 11.5 Å². The van der Waals surface area contributed by atoms with Crippen LogP contribution in [0.2, 0.25) is 0 Å². The Hall–Kier alpha value is -1.12. The predicted octanol–water partition coefficient (Wildman–Crippen LogP) is 0.00660. The highest BCUT2D eigenvalue weighted by Gasteiger charge is 2.28. The number of primary amides is 1. The highest BCUT2D eigenvalue weighted by atomic mass is 35.5. The average molecular weight is 525 g/mol. The van der Waals surface area contributed by atoms with Crippen molar-refractivity contribution in [3.05, 3.63) is 22.8 Å². The first-order valence-corrected chi connectivity index (χ1v) is 14.5. The second-order valence-electron chi connectivity index (χ2n) is 6.33. The quantitative estimate of drug-likeness (QED) is 0.191. The number of amides is 1. The van der Waals surface area contributed by atoms with Gasteiger partial charge >= 0.3 is 0 Å². The van der Waals surface area contributed by atoms with Gasteiger partial charge in [0.1, 0.15) is 4.90 Å². The first kappa shape index (κ1) is 26.9. The first-order valence-electron chi connectivity index (χ1n) is 8.39. The predicted molar refractivity (Wildman–Crippen MR) is 115 cm³/mol. The molecular formula is C15H22Cl2N2O8S3. The van der Waals surface area contributed by atoms with E-state index in [0.29, 0.717) is 0 Å². The van der Waals surface area contributed by atoms with Crippen molar-refractivity contribution in [2.45, 2.75) is 17.7 Å². The largest absolute Gasteiger partial charge is 0.397 e. The van der Waals surface area contributed by atoms with E-state index in [1.165, 1.54) is 0 Å². The molecule has 0 saturated heterocycles. The number of hydrogen-bond acceptors (Lipinski definition) is 8. The van der Waals surface area contributed by atoms with Gasteiger partial charge in [0.2, 0.25) is 5.91 Å². The lowest BCUT2D eigenvalue weighted by Crippen LogP contribution is -2.23. The van der Waals surface area contributed by atoms with Crippen molar-refractivity contribution < 1.29 is 34.6 Å². The molecular weight excluding hydrogens is 503 g/mol. The maximum Gasteiger partial charge on any atom is 0.296 e. The second kappa shape index (κ2) is 10.5. The molecule has 0 atom stereocenters. The molecule has 5 N–H and O–H groups in total. The summed E-state index contributed by atoms with van der Waals surface area (Å²) in [5.41, 5.74) is 9.87. The van der Waals surface area contributed by atoms with Gasteiger partial charge in [-0.05, 0) is 30.0 Å². The van der Waals surface area contributed by atoms with Gasteiger partial charge < -0.3 is 11.5 Å². The standard InChI is InChI=1S/C15H22Cl2N2O8S3/c16-3-7-28(21,22)5-1-10-9-12(15(19)20)11(2-6-29(23,24)8-4-17)14(13(10)18)30(25,26)27/h9H,1-8,18H2,(H2,19,20)(H,25,26,27). The average Bonchev–Trinajstić information content (AvgIpc) is 2.57. The molecule has 0 heterocycles. The summed E-state index contributed by atoms with van der Waals surface area (Å²) in [4.78, 5) is 11.0. The van der Waals surface area contributed by atoms with E-state index < -0.39 is 64.2 Å². The number of rotatable bonds is 12. The van der Waals surface area contributed by atoms with E-state index in [9.17, 15) is 34.6 Å². The topological polar surface area (TPSA) is 192 Å². The van der Waals surface area contributed by atoms with Gasteiger partial charge in [-0.15, -0.1) is 23.2 Å². The lowest BCUT2D eigenvalue weighted by atomic mass is 9.98. The Kier molecular flexibility index (Phi) is 9.39. The minimum absolute atomic E-state index is 0.0538. The fourth-order valence-electron chi connectivity index (χ4n) is 2.70. The van der Waals surface area contributed by atoms with Gasteiger partial charge in [0, 0.05) is 17.3 Å². The highest BCUT2D eigenvalue weighted by Crippen LogP contribution is 2.31. The Bertz CT molecular complexity index is 1120. The summed E-state index contributed by atoms with van der Waals surface area (Å²) in [7, 11) is -12.3. The van der Waals surface area contributed by atoms with Crippen molar-refractivity contribution in [2.24, 2.45) is 5.73 Å². The summed E-state index contributed by atoms with van der Waals surface area (Å²) in [6, 6.07) is 1.10. The van der Waals surface area contributed by atoms with Gasteiger partial charge in [0.25, 0.3) is 10.1 Å². The number of hydrogen-bond donors (Lipinski definition) is 3. The van der Waals surface area contributed by atoms with Crippen LogP contribution in [0, 0.1) is 0 Å². The fourth-order valence-corrected chi connectivity index (χ4v) is 6.97. The second-order valence-corrected chi connectivity index (χ2v) is 13.0. The number of nitrogens with two attached hydrogens (primary N) is 2. The number of sulfone groups is 2. The number of anilines is 1. The molecule has 15 heteroatoms. The fraction of sp³-hybridized carbons (Fsp3) is 0.533. The van der Waals surface area contributed by atoms with Crippen LogP contribution >= 0.6 is 23.2 Å². The lowest BCUT2D eigenvalue weighted by molar-refractivity contribution is 0.0999. The van der Waals surface area contributed by atoms with Crippen molar-refractivity contribution in [1.82, 2.24) is 0 Å². The molecule has 0 spiro atoms. The van der Waals surface area contributed by atoms with Crippen LogP contribution in [-0.2, 0) is 42.6 Å². The number of carbonyl (C=O) groups excluding carboxylic acids is 1. The van der Waals surface area contributed by atoms with Crippen molar-refractivity contribution in [3.63, 3.8) is 0 Å². The van der Waals surface area contributed by atoms with Crippen molar-refractivity contribution >= 4 is 64.6 Å². The van der Waals surface area contributed by atoms with E-state index in [4.69, 9.17) is 34.7 Å². The van der Waals surface area contributed by atoms with Gasteiger partial charge in [0.05, 0.1) is 28.7 Å². The van der Waals surface area contributed by atoms with Gasteiger partial charge in [-0.2, -0.15) is 8.42 Å². The van der Waals surface area contributed by atoms with E-state index in [1.54, 1.807) is 0 Å². The van der Waals surface area contributed by atoms with Crippen LogP contribution in [0.4, 0.5) is 5.69 Å². The Morgan fingerprint density at radius 3 is 1.77 bits per heavy atom. The van der Waals surface area contributed by atoms with Gasteiger partial charge in [-0.1, -0.05) is 0 Å². The third kappa shape index (κ3) is 7.54. The third-order valence-corrected chi connectivity index (χ3v) is 9.27. The summed E-state index contributed by atoms with van der Waals surface area (Å²) < 4.78 is 81.3. The molecule has 0 aliphatic carbocycles. The zero-order valence-corrected chi connectivity index (χ0v) is 19.6. The molecule has 0 aliphatic heterocycles. The molecule has 0 aromatic heterocycles. The number of alkyl halides is 2. The highest BCUT2D eigenvalue weighted by molar-refractivity contribution is 7.91. The summed E-state index contributed by atoms with van der Waals surface area (Å²) in [6.07, 6.45) is -0.764. The smallest absolute Gasteiger partial charge is 0.296 e. The Morgan fingerprint density at radius 1 is 0.900 bits per heavy atom. The van der Waals surface area contributed by atoms with Crippen LogP contribution in [0.5, 0.6) is 0 Å². The zero-order chi connectivity index (χ0) is 23.3. The zero-order valence-electron chi connectivity index (χ0n) is 15.7. The van der Waals surface area contributed by atoms with Crippen molar-refractivity contribution in [2.75, 3.05) is 40.5 Å². The minimum Gasteiger partial charge on any atom is -0.397 e. The SMILES string of the molecule is NC(=O)c1cc(CCS(=O)(=O)CCCl)c(N)c(S(=O)(=O)O)c1CCS(=O)(=O)CCCl. The minimum atomic E-state index is -5.01. The molecule has 172 valence electrons. The van der Waals surface area contributed by atoms with Gasteiger partial charge in [0.15, 0.2) is 19.7 Å². The molecule has 0 unspecified atom stereocenters. The summed E-state index contributed by atoms with van der Waals surface area (Å²) in [5.74, 6) is -3.16. The van der Waals surface area contributed by atoms with Crippen LogP contribution in [0.1, 0.15) is 21.5 Å². The number of aryl methyl sites for hydroxylation is 1. The number of halogens is 2. The monoisotopic (exact) mass is 524 g/mol. The van der Waals surface area contributed by atoms with Crippen LogP contribution in [-0.4, -0.2) is 70.5 Å². The maximum atomic E-state index is 12.0. The third-order valence-electron chi connectivity index (χ3n) is 4.15. The summed E-state index contributed by atoms with van der Waals surface area (Å²) in [5, 5.41) is 0. The molecule has 10 nitrogen and oxygen atoms in total. The molecule has 0 bridgehead atoms. The molecule has 30 heavy (non-hydrogen) atoms. The molecule has 1 amide bonds. The first-order chi connectivity index (χ1) is 13.6. The molecule has 1 aromatic carbocycles. The summed E-state index contributed by atoms with van der Waals surface area (Å²) in [6.45, 7) is 0. The van der Waals surface area contributed by atoms with E-state index in [2.05, 4.69) is 0 Å². The van der Waals surface area contributed by atoms with Crippen LogP contribution in [0.15, 0.2) is 11.0 Å². The van der Waals surface area contributed by atoms with Crippen molar-refractivity contribution in [3.8, 4) is 0 Å².